The van der Waals surface area contributed by atoms with Gasteiger partial charge in [0.25, 0.3) is 11.6 Å². The fourth-order valence-corrected chi connectivity index (χ4v) is 3.31. The van der Waals surface area contributed by atoms with Crippen LogP contribution in [0, 0.1) is 24.0 Å². The fraction of sp³-hybridized carbons (Fsp3) is 0.273. The van der Waals surface area contributed by atoms with Gasteiger partial charge in [-0.1, -0.05) is 5.16 Å². The van der Waals surface area contributed by atoms with Gasteiger partial charge >= 0.3 is 0 Å². The van der Waals surface area contributed by atoms with Crippen LogP contribution >= 0.6 is 0 Å². The van der Waals surface area contributed by atoms with Crippen LogP contribution < -0.4 is 10.1 Å². The molecule has 0 spiro atoms. The molecule has 0 bridgehead atoms. The van der Waals surface area contributed by atoms with Crippen LogP contribution in [-0.4, -0.2) is 35.5 Å². The third-order valence-electron chi connectivity index (χ3n) is 5.23. The summed E-state index contributed by atoms with van der Waals surface area (Å²) >= 11 is 0. The Labute approximate surface area is 194 Å². The number of anilines is 1. The number of ether oxygens (including phenoxy) is 1. The van der Waals surface area contributed by atoms with Gasteiger partial charge in [0.2, 0.25) is 0 Å². The van der Waals surface area contributed by atoms with Crippen LogP contribution in [-0.2, 0) is 19.7 Å². The van der Waals surface area contributed by atoms with Crippen LogP contribution in [0.5, 0.6) is 5.75 Å². The second-order valence-corrected chi connectivity index (χ2v) is 7.58. The first-order valence-corrected chi connectivity index (χ1v) is 10.5. The minimum Gasteiger partial charge on any atom is -0.489 e. The molecule has 0 fully saturated rings. The van der Waals surface area contributed by atoms with E-state index in [9.17, 15) is 14.9 Å². The van der Waals surface area contributed by atoms with Crippen LogP contribution in [0.4, 0.5) is 11.4 Å². The number of amides is 1. The average molecular weight is 465 g/mol. The largest absolute Gasteiger partial charge is 0.489 e. The first kappa shape index (κ1) is 22.7. The highest BCUT2D eigenvalue weighted by Gasteiger charge is 2.21. The number of nitrogens with zero attached hydrogens (tertiary/aromatic N) is 6. The van der Waals surface area contributed by atoms with Crippen LogP contribution in [0.25, 0.3) is 0 Å². The molecule has 0 radical (unpaired) electrons. The fourth-order valence-electron chi connectivity index (χ4n) is 3.31. The summed E-state index contributed by atoms with van der Waals surface area (Å²) in [5, 5.41) is 26.2. The van der Waals surface area contributed by atoms with Gasteiger partial charge in [0.1, 0.15) is 18.1 Å². The number of non-ortho nitro benzene ring substituents is 1. The number of benzene rings is 1. The Bertz CT molecular complexity index is 1320. The lowest BCUT2D eigenvalue weighted by atomic mass is 10.2. The van der Waals surface area contributed by atoms with E-state index in [1.165, 1.54) is 24.3 Å². The molecule has 12 nitrogen and oxygen atoms in total. The number of carbonyl (C=O) groups is 1. The van der Waals surface area contributed by atoms with E-state index in [4.69, 9.17) is 9.26 Å². The van der Waals surface area contributed by atoms with Crippen molar-refractivity contribution in [1.82, 2.24) is 24.7 Å². The van der Waals surface area contributed by atoms with Crippen molar-refractivity contribution >= 4 is 17.3 Å². The lowest BCUT2D eigenvalue weighted by Gasteiger charge is -2.06. The summed E-state index contributed by atoms with van der Waals surface area (Å²) in [4.78, 5) is 23.1. The van der Waals surface area contributed by atoms with E-state index in [0.717, 1.165) is 17.8 Å². The minimum atomic E-state index is -0.488. The highest BCUT2D eigenvalue weighted by molar-refractivity contribution is 6.03. The molecule has 0 aliphatic heterocycles. The van der Waals surface area contributed by atoms with Crippen LogP contribution in [0.15, 0.2) is 47.4 Å². The molecule has 0 aliphatic carbocycles. The van der Waals surface area contributed by atoms with E-state index >= 15 is 0 Å². The van der Waals surface area contributed by atoms with Crippen molar-refractivity contribution in [3.05, 3.63) is 81.2 Å². The maximum atomic E-state index is 12.8. The van der Waals surface area contributed by atoms with E-state index in [1.807, 2.05) is 24.7 Å². The molecule has 0 unspecified atom stereocenters. The molecule has 1 N–H and O–H groups in total. The molecule has 12 heteroatoms. The van der Waals surface area contributed by atoms with Gasteiger partial charge in [-0.25, -0.2) is 0 Å². The lowest BCUT2D eigenvalue weighted by molar-refractivity contribution is -0.384. The maximum absolute atomic E-state index is 12.8. The summed E-state index contributed by atoms with van der Waals surface area (Å²) < 4.78 is 14.4. The Hall–Kier alpha value is -4.48. The Balaban J connectivity index is 1.41. The smallest absolute Gasteiger partial charge is 0.278 e. The Kier molecular flexibility index (Phi) is 6.39. The Morgan fingerprint density at radius 2 is 1.97 bits per heavy atom. The lowest BCUT2D eigenvalue weighted by Crippen LogP contribution is -2.15. The first-order chi connectivity index (χ1) is 16.3. The Morgan fingerprint density at radius 1 is 1.21 bits per heavy atom. The van der Waals surface area contributed by atoms with E-state index in [1.54, 1.807) is 24.0 Å². The van der Waals surface area contributed by atoms with Crippen molar-refractivity contribution in [1.29, 1.82) is 0 Å². The first-order valence-electron chi connectivity index (χ1n) is 10.5. The van der Waals surface area contributed by atoms with Crippen LogP contribution in [0.3, 0.4) is 0 Å². The molecule has 1 aromatic carbocycles. The third kappa shape index (κ3) is 4.95. The summed E-state index contributed by atoms with van der Waals surface area (Å²) in [6.45, 7) is 6.97. The molecule has 34 heavy (non-hydrogen) atoms. The summed E-state index contributed by atoms with van der Waals surface area (Å²) in [6, 6.07) is 5.66. The maximum Gasteiger partial charge on any atom is 0.278 e. The normalized spacial score (nSPS) is 10.9. The molecular weight excluding hydrogens is 442 g/mol. The zero-order valence-corrected chi connectivity index (χ0v) is 18.9. The van der Waals surface area contributed by atoms with Gasteiger partial charge in [-0.15, -0.1) is 0 Å². The van der Waals surface area contributed by atoms with Crippen molar-refractivity contribution in [3.8, 4) is 5.75 Å². The second-order valence-electron chi connectivity index (χ2n) is 7.58. The van der Waals surface area contributed by atoms with Crippen molar-refractivity contribution in [2.24, 2.45) is 0 Å². The molecule has 3 aromatic heterocycles. The minimum absolute atomic E-state index is 0.00978. The highest BCUT2D eigenvalue weighted by Crippen LogP contribution is 2.21. The molecule has 0 aliphatic rings. The average Bonchev–Trinajstić information content (AvgIpc) is 3.52. The number of aryl methyl sites for hydroxylation is 3. The topological polar surface area (TPSA) is 143 Å². The van der Waals surface area contributed by atoms with Gasteiger partial charge in [-0.05, 0) is 32.9 Å². The molecular formula is C22H23N7O5. The zero-order chi connectivity index (χ0) is 24.2. The predicted molar refractivity (Wildman–Crippen MR) is 121 cm³/mol. The number of hydrogen-bond donors (Lipinski definition) is 1. The van der Waals surface area contributed by atoms with E-state index in [2.05, 4.69) is 20.7 Å². The monoisotopic (exact) mass is 465 g/mol. The second kappa shape index (κ2) is 9.57. The number of hydrogen-bond acceptors (Lipinski definition) is 8. The van der Waals surface area contributed by atoms with Crippen LogP contribution in [0.2, 0.25) is 0 Å². The zero-order valence-electron chi connectivity index (χ0n) is 18.9. The van der Waals surface area contributed by atoms with Crippen molar-refractivity contribution in [2.45, 2.75) is 40.5 Å². The van der Waals surface area contributed by atoms with Gasteiger partial charge in [0.05, 0.1) is 34.6 Å². The molecule has 4 aromatic rings. The quantitative estimate of drug-likeness (QED) is 0.292. The van der Waals surface area contributed by atoms with Gasteiger partial charge in [0.15, 0.2) is 5.69 Å². The molecule has 3 heterocycles. The van der Waals surface area contributed by atoms with Gasteiger partial charge < -0.3 is 14.6 Å². The number of nitro benzene ring substituents is 1. The molecule has 0 saturated carbocycles. The predicted octanol–water partition coefficient (Wildman–Crippen LogP) is 3.49. The summed E-state index contributed by atoms with van der Waals surface area (Å²) in [6.07, 6.45) is 5.25. The number of aromatic nitrogens is 5. The van der Waals surface area contributed by atoms with Gasteiger partial charge in [-0.2, -0.15) is 10.2 Å². The number of nitrogens with one attached hydrogen (secondary N) is 1. The van der Waals surface area contributed by atoms with Crippen molar-refractivity contribution in [3.63, 3.8) is 0 Å². The van der Waals surface area contributed by atoms with E-state index in [-0.39, 0.29) is 18.0 Å². The SMILES string of the molecule is CCn1cc(Cn2cc(NC(=O)c3noc(C)c3COc3ccc([N+](=O)[O-])cc3)cn2)c(C)n1. The molecule has 0 atom stereocenters. The van der Waals surface area contributed by atoms with Gasteiger partial charge in [-0.3, -0.25) is 24.3 Å². The highest BCUT2D eigenvalue weighted by atomic mass is 16.6. The van der Waals surface area contributed by atoms with Crippen LogP contribution in [0.1, 0.15) is 40.0 Å². The molecule has 0 saturated heterocycles. The number of rotatable bonds is 9. The van der Waals surface area contributed by atoms with Crippen molar-refractivity contribution in [2.75, 3.05) is 5.32 Å². The van der Waals surface area contributed by atoms with E-state index < -0.39 is 10.8 Å². The third-order valence-corrected chi connectivity index (χ3v) is 5.23. The summed E-state index contributed by atoms with van der Waals surface area (Å²) in [5.41, 5.74) is 3.01. The van der Waals surface area contributed by atoms with Gasteiger partial charge in [0, 0.05) is 36.6 Å². The Morgan fingerprint density at radius 3 is 2.65 bits per heavy atom. The molecule has 4 rings (SSSR count). The van der Waals surface area contributed by atoms with E-state index in [0.29, 0.717) is 29.3 Å². The molecule has 176 valence electrons. The standard InChI is InChI=1S/C22H23N7O5/c1-4-27-10-16(14(2)25-27)11-28-12-17(9-23-28)24-22(30)21-20(15(3)34-26-21)13-33-19-7-5-18(6-8-19)29(31)32/h5-10,12H,4,11,13H2,1-3H3,(H,24,30). The summed E-state index contributed by atoms with van der Waals surface area (Å²) in [7, 11) is 0. The number of carbonyl (C=O) groups excluding carboxylic acids is 1. The molecule has 1 amide bonds. The number of nitro groups is 1. The summed E-state index contributed by atoms with van der Waals surface area (Å²) in [5.74, 6) is 0.389. The van der Waals surface area contributed by atoms with Crippen molar-refractivity contribution < 1.29 is 19.0 Å².